The van der Waals surface area contributed by atoms with E-state index in [9.17, 15) is 9.90 Å². The molecule has 7 heteroatoms. The van der Waals surface area contributed by atoms with E-state index in [1.807, 2.05) is 45.9 Å². The van der Waals surface area contributed by atoms with Gasteiger partial charge >= 0.3 is 7.12 Å². The zero-order chi connectivity index (χ0) is 18.1. The van der Waals surface area contributed by atoms with E-state index in [1.165, 1.54) is 11.8 Å². The van der Waals surface area contributed by atoms with Crippen molar-refractivity contribution in [3.05, 3.63) is 33.7 Å². The SMILES string of the molecule is CC(=O)SCC(=Cc1ccc(O)c(Br)c1)B1OC(C)(C)C(C)(C)O1. The van der Waals surface area contributed by atoms with Gasteiger partial charge in [0.2, 0.25) is 0 Å². The number of carbonyl (C=O) groups is 1. The second kappa shape index (κ2) is 7.24. The van der Waals surface area contributed by atoms with E-state index in [1.54, 1.807) is 13.0 Å². The highest BCUT2D eigenvalue weighted by molar-refractivity contribution is 9.10. The summed E-state index contributed by atoms with van der Waals surface area (Å²) in [6.07, 6.45) is 1.95. The molecule has 1 aromatic rings. The van der Waals surface area contributed by atoms with E-state index in [4.69, 9.17) is 9.31 Å². The molecular weight excluding hydrogens is 391 g/mol. The van der Waals surface area contributed by atoms with E-state index >= 15 is 0 Å². The van der Waals surface area contributed by atoms with E-state index in [-0.39, 0.29) is 10.9 Å². The Hall–Kier alpha value is -0.755. The molecule has 1 fully saturated rings. The molecule has 1 aromatic carbocycles. The van der Waals surface area contributed by atoms with Crippen molar-refractivity contribution in [2.45, 2.75) is 45.8 Å². The van der Waals surface area contributed by atoms with E-state index < -0.39 is 18.3 Å². The number of rotatable bonds is 4. The molecule has 1 aliphatic heterocycles. The minimum Gasteiger partial charge on any atom is -0.507 e. The second-order valence-corrected chi connectivity index (χ2v) is 8.81. The average molecular weight is 413 g/mol. The van der Waals surface area contributed by atoms with Gasteiger partial charge in [-0.1, -0.05) is 23.9 Å². The molecule has 0 aliphatic carbocycles. The zero-order valence-electron chi connectivity index (χ0n) is 14.6. The number of aromatic hydroxyl groups is 1. The predicted molar refractivity (Wildman–Crippen MR) is 103 cm³/mol. The number of phenolic OH excluding ortho intramolecular Hbond substituents is 1. The standard InChI is InChI=1S/C17H22BBrO4S/c1-11(20)24-10-13(8-12-6-7-15(21)14(19)9-12)18-22-16(2,3)17(4,5)23-18/h6-9,21H,10H2,1-5H3. The third-order valence-electron chi connectivity index (χ3n) is 4.32. The fourth-order valence-corrected chi connectivity index (χ4v) is 3.17. The summed E-state index contributed by atoms with van der Waals surface area (Å²) in [5, 5.41) is 9.68. The molecule has 1 heterocycles. The van der Waals surface area contributed by atoms with Gasteiger partial charge in [0.25, 0.3) is 0 Å². The van der Waals surface area contributed by atoms with Crippen LogP contribution in [-0.2, 0) is 14.1 Å². The molecule has 0 amide bonds. The molecular formula is C17H22BBrO4S. The first kappa shape index (κ1) is 19.6. The maximum atomic E-state index is 11.4. The summed E-state index contributed by atoms with van der Waals surface area (Å²) in [7, 11) is -0.505. The van der Waals surface area contributed by atoms with E-state index in [2.05, 4.69) is 15.9 Å². The first-order valence-electron chi connectivity index (χ1n) is 7.70. The lowest BCUT2D eigenvalue weighted by Gasteiger charge is -2.32. The summed E-state index contributed by atoms with van der Waals surface area (Å²) in [6.45, 7) is 9.54. The molecule has 0 radical (unpaired) electrons. The molecule has 0 saturated carbocycles. The van der Waals surface area contributed by atoms with Crippen molar-refractivity contribution in [3.8, 4) is 5.75 Å². The van der Waals surface area contributed by atoms with Crippen LogP contribution in [0.4, 0.5) is 0 Å². The van der Waals surface area contributed by atoms with Gasteiger partial charge in [0.05, 0.1) is 15.7 Å². The van der Waals surface area contributed by atoms with Gasteiger partial charge in [-0.05, 0) is 66.8 Å². The smallest absolute Gasteiger partial charge is 0.491 e. The topological polar surface area (TPSA) is 55.8 Å². The van der Waals surface area contributed by atoms with Gasteiger partial charge in [0.15, 0.2) is 5.12 Å². The van der Waals surface area contributed by atoms with Gasteiger partial charge in [0, 0.05) is 12.7 Å². The number of benzene rings is 1. The van der Waals surface area contributed by atoms with Crippen LogP contribution in [0.3, 0.4) is 0 Å². The average Bonchev–Trinajstić information content (AvgIpc) is 2.67. The highest BCUT2D eigenvalue weighted by atomic mass is 79.9. The van der Waals surface area contributed by atoms with Gasteiger partial charge in [0.1, 0.15) is 5.75 Å². The van der Waals surface area contributed by atoms with Crippen LogP contribution in [-0.4, -0.2) is 34.3 Å². The summed E-state index contributed by atoms with van der Waals surface area (Å²) < 4.78 is 12.8. The zero-order valence-corrected chi connectivity index (χ0v) is 17.0. The van der Waals surface area contributed by atoms with Gasteiger partial charge in [-0.25, -0.2) is 0 Å². The van der Waals surface area contributed by atoms with Crippen molar-refractivity contribution in [1.29, 1.82) is 0 Å². The molecule has 130 valence electrons. The summed E-state index contributed by atoms with van der Waals surface area (Å²) in [5.41, 5.74) is 0.903. The number of halogens is 1. The molecule has 1 saturated heterocycles. The van der Waals surface area contributed by atoms with Gasteiger partial charge in [-0.15, -0.1) is 0 Å². The largest absolute Gasteiger partial charge is 0.507 e. The quantitative estimate of drug-likeness (QED) is 0.740. The van der Waals surface area contributed by atoms with Crippen LogP contribution in [0.5, 0.6) is 5.75 Å². The summed E-state index contributed by atoms with van der Waals surface area (Å²) in [4.78, 5) is 11.4. The fourth-order valence-electron chi connectivity index (χ4n) is 2.18. The second-order valence-electron chi connectivity index (χ2n) is 6.80. The Morgan fingerprint density at radius 1 is 1.29 bits per heavy atom. The van der Waals surface area contributed by atoms with Crippen LogP contribution in [0, 0.1) is 0 Å². The number of thioether (sulfide) groups is 1. The first-order valence-corrected chi connectivity index (χ1v) is 9.48. The minimum absolute atomic E-state index is 0.0457. The molecule has 0 spiro atoms. The highest BCUT2D eigenvalue weighted by Gasteiger charge is 2.52. The van der Waals surface area contributed by atoms with Crippen LogP contribution in [0.15, 0.2) is 28.1 Å². The van der Waals surface area contributed by atoms with Crippen LogP contribution < -0.4 is 0 Å². The Morgan fingerprint density at radius 3 is 2.38 bits per heavy atom. The third-order valence-corrected chi connectivity index (χ3v) is 5.84. The van der Waals surface area contributed by atoms with E-state index in [0.717, 1.165) is 11.0 Å². The molecule has 1 aliphatic rings. The first-order chi connectivity index (χ1) is 11.0. The Balaban J connectivity index is 2.33. The van der Waals surface area contributed by atoms with Crippen molar-refractivity contribution < 1.29 is 19.2 Å². The summed E-state index contributed by atoms with van der Waals surface area (Å²) in [5.74, 6) is 0.674. The molecule has 0 aromatic heterocycles. The van der Waals surface area contributed by atoms with Crippen LogP contribution in [0.1, 0.15) is 40.2 Å². The lowest BCUT2D eigenvalue weighted by Crippen LogP contribution is -2.41. The molecule has 4 nitrogen and oxygen atoms in total. The number of hydrogen-bond donors (Lipinski definition) is 1. The fraction of sp³-hybridized carbons (Fsp3) is 0.471. The van der Waals surface area contributed by atoms with Crippen molar-refractivity contribution in [2.24, 2.45) is 0 Å². The molecule has 1 N–H and O–H groups in total. The number of hydrogen-bond acceptors (Lipinski definition) is 5. The Kier molecular flexibility index (Phi) is 5.90. The summed E-state index contributed by atoms with van der Waals surface area (Å²) in [6, 6.07) is 5.25. The predicted octanol–water partition coefficient (Wildman–Crippen LogP) is 4.45. The van der Waals surface area contributed by atoms with Crippen molar-refractivity contribution >= 4 is 46.0 Å². The Labute approximate surface area is 156 Å². The molecule has 24 heavy (non-hydrogen) atoms. The highest BCUT2D eigenvalue weighted by Crippen LogP contribution is 2.39. The Bertz CT molecular complexity index is 657. The van der Waals surface area contributed by atoms with Gasteiger partial charge in [-0.3, -0.25) is 4.79 Å². The lowest BCUT2D eigenvalue weighted by molar-refractivity contribution is -0.109. The van der Waals surface area contributed by atoms with Crippen molar-refractivity contribution in [1.82, 2.24) is 0 Å². The van der Waals surface area contributed by atoms with Crippen LogP contribution >= 0.6 is 27.7 Å². The normalized spacial score (nSPS) is 19.6. The van der Waals surface area contributed by atoms with Gasteiger partial charge in [-0.2, -0.15) is 0 Å². The maximum Gasteiger partial charge on any atom is 0.491 e. The van der Waals surface area contributed by atoms with Gasteiger partial charge < -0.3 is 14.4 Å². The lowest BCUT2D eigenvalue weighted by atomic mass is 9.78. The van der Waals surface area contributed by atoms with Crippen LogP contribution in [0.25, 0.3) is 6.08 Å². The molecule has 2 rings (SSSR count). The minimum atomic E-state index is -0.505. The molecule has 0 unspecified atom stereocenters. The summed E-state index contributed by atoms with van der Waals surface area (Å²) >= 11 is 4.54. The van der Waals surface area contributed by atoms with Crippen molar-refractivity contribution in [2.75, 3.05) is 5.75 Å². The number of phenols is 1. The number of carbonyl (C=O) groups excluding carboxylic acids is 1. The molecule has 0 bridgehead atoms. The van der Waals surface area contributed by atoms with Crippen LogP contribution in [0.2, 0.25) is 0 Å². The van der Waals surface area contributed by atoms with Crippen molar-refractivity contribution in [3.63, 3.8) is 0 Å². The molecule has 0 atom stereocenters. The maximum absolute atomic E-state index is 11.4. The third kappa shape index (κ3) is 4.45. The Morgan fingerprint density at radius 2 is 1.88 bits per heavy atom. The monoisotopic (exact) mass is 412 g/mol. The van der Waals surface area contributed by atoms with E-state index in [0.29, 0.717) is 10.2 Å².